The van der Waals surface area contributed by atoms with E-state index >= 15 is 0 Å². The van der Waals surface area contributed by atoms with Crippen molar-refractivity contribution in [2.75, 3.05) is 41.0 Å². The van der Waals surface area contributed by atoms with Crippen LogP contribution in [0.2, 0.25) is 0 Å². The number of likely N-dealkylation sites (N-methyl/N-ethyl adjacent to an activating group) is 1. The van der Waals surface area contributed by atoms with Crippen LogP contribution in [-0.2, 0) is 28.6 Å². The van der Waals surface area contributed by atoms with Gasteiger partial charge in [-0.05, 0) is 57.8 Å². The van der Waals surface area contributed by atoms with Crippen LogP contribution in [0.3, 0.4) is 0 Å². The van der Waals surface area contributed by atoms with E-state index in [0.29, 0.717) is 19.3 Å². The summed E-state index contributed by atoms with van der Waals surface area (Å²) < 4.78 is 17.2. The molecule has 1 N–H and O–H groups in total. The molecule has 0 bridgehead atoms. The number of hydrogen-bond donors (Lipinski definition) is 1. The van der Waals surface area contributed by atoms with Crippen LogP contribution in [0.25, 0.3) is 0 Å². The Morgan fingerprint density at radius 1 is 0.556 bits per heavy atom. The summed E-state index contributed by atoms with van der Waals surface area (Å²) in [5.74, 6) is -1.49. The van der Waals surface area contributed by atoms with Crippen molar-refractivity contribution in [3.8, 4) is 0 Å². The van der Waals surface area contributed by atoms with Gasteiger partial charge in [0.2, 0.25) is 0 Å². The maximum Gasteiger partial charge on any atom is 0.362 e. The maximum atomic E-state index is 12.6. The topological polar surface area (TPSA) is 99.1 Å². The van der Waals surface area contributed by atoms with Gasteiger partial charge in [-0.15, -0.1) is 0 Å². The molecule has 0 radical (unpaired) electrons. The van der Waals surface area contributed by atoms with Gasteiger partial charge in [0.1, 0.15) is 6.61 Å². The van der Waals surface area contributed by atoms with Gasteiger partial charge in [-0.2, -0.15) is 0 Å². The van der Waals surface area contributed by atoms with Gasteiger partial charge in [-0.1, -0.05) is 146 Å². The van der Waals surface area contributed by atoms with Crippen molar-refractivity contribution >= 4 is 17.9 Å². The van der Waals surface area contributed by atoms with E-state index in [4.69, 9.17) is 14.2 Å². The summed E-state index contributed by atoms with van der Waals surface area (Å²) in [4.78, 5) is 36.8. The molecule has 8 heteroatoms. The summed E-state index contributed by atoms with van der Waals surface area (Å²) >= 11 is 0. The van der Waals surface area contributed by atoms with E-state index in [-0.39, 0.29) is 36.2 Å². The molecule has 0 aromatic carbocycles. The largest absolute Gasteiger partial charge is 0.477 e. The first-order chi connectivity index (χ1) is 26.1. The van der Waals surface area contributed by atoms with Gasteiger partial charge >= 0.3 is 17.9 Å². The predicted molar refractivity (Wildman–Crippen MR) is 224 cm³/mol. The molecular formula is C46H82NO7+. The Hall–Kier alpha value is -2.71. The minimum absolute atomic E-state index is 0.0553. The highest BCUT2D eigenvalue weighted by molar-refractivity contribution is 5.72. The third kappa shape index (κ3) is 35.0. The molecule has 2 atom stereocenters. The first kappa shape index (κ1) is 51.3. The van der Waals surface area contributed by atoms with Crippen LogP contribution in [0.4, 0.5) is 0 Å². The van der Waals surface area contributed by atoms with Gasteiger partial charge in [0.15, 0.2) is 12.1 Å². The highest BCUT2D eigenvalue weighted by Crippen LogP contribution is 2.13. The zero-order chi connectivity index (χ0) is 40.0. The van der Waals surface area contributed by atoms with Crippen molar-refractivity contribution in [2.24, 2.45) is 0 Å². The lowest BCUT2D eigenvalue weighted by Gasteiger charge is -2.31. The molecule has 0 aliphatic heterocycles. The molecule has 0 spiro atoms. The molecule has 0 saturated heterocycles. The normalized spacial score (nSPS) is 13.4. The Bertz CT molecular complexity index is 1030. The van der Waals surface area contributed by atoms with E-state index in [0.717, 1.165) is 77.0 Å². The molecule has 0 aromatic rings. The lowest BCUT2D eigenvalue weighted by atomic mass is 10.1. The summed E-state index contributed by atoms with van der Waals surface area (Å²) in [7, 11) is 5.51. The number of hydrogen-bond acceptors (Lipinski definition) is 6. The highest BCUT2D eigenvalue weighted by Gasteiger charge is 2.31. The van der Waals surface area contributed by atoms with Gasteiger partial charge in [0.05, 0.1) is 34.4 Å². The van der Waals surface area contributed by atoms with Crippen LogP contribution in [0, 0.1) is 0 Å². The van der Waals surface area contributed by atoms with Gasteiger partial charge in [0, 0.05) is 19.3 Å². The Morgan fingerprint density at radius 3 is 1.48 bits per heavy atom. The van der Waals surface area contributed by atoms with Crippen molar-refractivity contribution in [1.82, 2.24) is 0 Å². The molecule has 0 aliphatic carbocycles. The maximum absolute atomic E-state index is 12.6. The van der Waals surface area contributed by atoms with Crippen LogP contribution in [0.15, 0.2) is 48.6 Å². The van der Waals surface area contributed by atoms with Crippen molar-refractivity contribution in [2.45, 2.75) is 187 Å². The number of carbonyl (C=O) groups excluding carboxylic acids is 2. The molecule has 0 heterocycles. The molecule has 2 unspecified atom stereocenters. The van der Waals surface area contributed by atoms with E-state index in [1.54, 1.807) is 0 Å². The Kier molecular flexibility index (Phi) is 35.4. The van der Waals surface area contributed by atoms with Crippen molar-refractivity contribution in [3.05, 3.63) is 48.6 Å². The number of quaternary nitrogens is 1. The second-order valence-corrected chi connectivity index (χ2v) is 15.6. The van der Waals surface area contributed by atoms with Crippen LogP contribution in [0.1, 0.15) is 174 Å². The summed E-state index contributed by atoms with van der Waals surface area (Å²) in [5, 5.41) is 9.59. The molecule has 0 rings (SSSR count). The Balaban J connectivity index is 4.30. The zero-order valence-corrected chi connectivity index (χ0v) is 35.4. The number of allylic oxidation sites excluding steroid dienone is 8. The average Bonchev–Trinajstić information content (AvgIpc) is 3.12. The van der Waals surface area contributed by atoms with Crippen molar-refractivity contribution < 1.29 is 38.2 Å². The standard InChI is InChI=1S/C46H81NO7/c1-6-8-10-12-14-16-17-18-19-20-21-22-23-24-25-26-27-29-30-32-34-36-44(48)53-41-42(40-52-39-38-43(46(50)51)47(3,4)5)54-45(49)37-35-33-31-28-15-13-11-9-7-2/h14,16,18-19,21-22,24-25,42-43H,6-13,15,17,20,23,26-41H2,1-5H3/p+1/b16-14+,19-18+,22-21+,25-24+. The molecular weight excluding hydrogens is 679 g/mol. The minimum Gasteiger partial charge on any atom is -0.477 e. The Morgan fingerprint density at radius 2 is 0.981 bits per heavy atom. The monoisotopic (exact) mass is 761 g/mol. The summed E-state index contributed by atoms with van der Waals surface area (Å²) in [6, 6.07) is -0.616. The average molecular weight is 761 g/mol. The number of unbranched alkanes of at least 4 members (excludes halogenated alkanes) is 16. The molecule has 0 fully saturated rings. The van der Waals surface area contributed by atoms with Crippen LogP contribution < -0.4 is 0 Å². The molecule has 54 heavy (non-hydrogen) atoms. The van der Waals surface area contributed by atoms with E-state index in [1.165, 1.54) is 64.2 Å². The van der Waals surface area contributed by atoms with E-state index < -0.39 is 18.1 Å². The molecule has 0 saturated carbocycles. The van der Waals surface area contributed by atoms with Crippen molar-refractivity contribution in [1.29, 1.82) is 0 Å². The number of carbonyl (C=O) groups is 3. The lowest BCUT2D eigenvalue weighted by Crippen LogP contribution is -2.50. The number of aliphatic carboxylic acids is 1. The number of esters is 2. The van der Waals surface area contributed by atoms with E-state index in [2.05, 4.69) is 62.5 Å². The van der Waals surface area contributed by atoms with E-state index in [9.17, 15) is 19.5 Å². The minimum atomic E-state index is -0.879. The number of nitrogens with zero attached hydrogens (tertiary/aromatic N) is 1. The third-order valence-electron chi connectivity index (χ3n) is 9.48. The van der Waals surface area contributed by atoms with Crippen LogP contribution in [0.5, 0.6) is 0 Å². The van der Waals surface area contributed by atoms with E-state index in [1.807, 2.05) is 21.1 Å². The highest BCUT2D eigenvalue weighted by atomic mass is 16.6. The molecule has 0 aromatic heterocycles. The van der Waals surface area contributed by atoms with Crippen LogP contribution >= 0.6 is 0 Å². The fourth-order valence-corrected chi connectivity index (χ4v) is 6.07. The summed E-state index contributed by atoms with van der Waals surface area (Å²) in [6.45, 7) is 4.66. The molecule has 8 nitrogen and oxygen atoms in total. The third-order valence-corrected chi connectivity index (χ3v) is 9.48. The van der Waals surface area contributed by atoms with Gasteiger partial charge in [-0.25, -0.2) is 4.79 Å². The SMILES string of the molecule is CCCCC/C=C/C/C=C/C/C=C/C/C=C/CCCCCCCC(=O)OCC(COCCC(C(=O)O)[N+](C)(C)C)OC(=O)CCCCCCCCCCC. The van der Waals surface area contributed by atoms with Gasteiger partial charge < -0.3 is 23.8 Å². The quantitative estimate of drug-likeness (QED) is 0.0289. The molecule has 312 valence electrons. The van der Waals surface area contributed by atoms with Crippen molar-refractivity contribution in [3.63, 3.8) is 0 Å². The Labute approximate surface area is 331 Å². The van der Waals surface area contributed by atoms with Gasteiger partial charge in [-0.3, -0.25) is 9.59 Å². The lowest BCUT2D eigenvalue weighted by molar-refractivity contribution is -0.887. The first-order valence-electron chi connectivity index (χ1n) is 21.7. The number of carboxylic acid groups (broad SMARTS) is 1. The fourth-order valence-electron chi connectivity index (χ4n) is 6.07. The zero-order valence-electron chi connectivity index (χ0n) is 35.4. The summed E-state index contributed by atoms with van der Waals surface area (Å²) in [6.07, 6.45) is 43.0. The second-order valence-electron chi connectivity index (χ2n) is 15.6. The molecule has 0 amide bonds. The fraction of sp³-hybridized carbons (Fsp3) is 0.761. The first-order valence-corrected chi connectivity index (χ1v) is 21.7. The number of rotatable bonds is 38. The van der Waals surface area contributed by atoms with Crippen LogP contribution in [-0.4, -0.2) is 80.6 Å². The molecule has 0 aliphatic rings. The van der Waals surface area contributed by atoms with Gasteiger partial charge in [0.25, 0.3) is 0 Å². The number of carboxylic acids is 1. The second kappa shape index (κ2) is 37.2. The smallest absolute Gasteiger partial charge is 0.362 e. The predicted octanol–water partition coefficient (Wildman–Crippen LogP) is 11.6. The number of ether oxygens (including phenoxy) is 3. The summed E-state index contributed by atoms with van der Waals surface area (Å²) in [5.41, 5.74) is 0.